The Morgan fingerprint density at radius 2 is 1.74 bits per heavy atom. The van der Waals surface area contributed by atoms with Crippen LogP contribution in [0.1, 0.15) is 10.4 Å². The third-order valence-electron chi connectivity index (χ3n) is 2.58. The van der Waals surface area contributed by atoms with E-state index in [2.05, 4.69) is 0 Å². The molecular weight excluding hydrogens is 268 g/mol. The van der Waals surface area contributed by atoms with Gasteiger partial charge < -0.3 is 0 Å². The first-order valence-electron chi connectivity index (χ1n) is 5.48. The van der Waals surface area contributed by atoms with Crippen molar-refractivity contribution in [2.75, 3.05) is 0 Å². The van der Waals surface area contributed by atoms with Gasteiger partial charge in [-0.25, -0.2) is 0 Å². The molecule has 0 N–H and O–H groups in total. The molecule has 0 radical (unpaired) electrons. The second-order valence-electron chi connectivity index (χ2n) is 3.92. The van der Waals surface area contributed by atoms with Crippen molar-refractivity contribution in [3.8, 4) is 0 Å². The van der Waals surface area contributed by atoms with Gasteiger partial charge in [0.1, 0.15) is 0 Å². The highest BCUT2D eigenvalue weighted by molar-refractivity contribution is 6.30. The lowest BCUT2D eigenvalue weighted by Gasteiger charge is -1.98. The number of aromatic nitrogens is 1. The van der Waals surface area contributed by atoms with E-state index < -0.39 is 4.92 Å². The summed E-state index contributed by atoms with van der Waals surface area (Å²) in [6, 6.07) is 8.92. The smallest absolute Gasteiger partial charge is 0.269 e. The minimum Gasteiger partial charge on any atom is -0.287 e. The fourth-order valence-corrected chi connectivity index (χ4v) is 1.68. The van der Waals surface area contributed by atoms with Gasteiger partial charge in [-0.2, -0.15) is 4.57 Å². The SMILES string of the molecule is O=C(C[n+]1ccc(Cl)cc1)c1ccc([N+](=O)[O-])cc1. The van der Waals surface area contributed by atoms with Crippen molar-refractivity contribution in [1.29, 1.82) is 0 Å². The molecule has 0 aliphatic heterocycles. The van der Waals surface area contributed by atoms with Gasteiger partial charge in [-0.1, -0.05) is 11.6 Å². The average Bonchev–Trinajstić information content (AvgIpc) is 2.41. The molecule has 6 heteroatoms. The molecule has 2 rings (SSSR count). The summed E-state index contributed by atoms with van der Waals surface area (Å²) in [7, 11) is 0. The van der Waals surface area contributed by atoms with Gasteiger partial charge in [-0.3, -0.25) is 14.9 Å². The molecule has 1 aromatic carbocycles. The summed E-state index contributed by atoms with van der Waals surface area (Å²) in [6.45, 7) is 0.162. The number of carbonyl (C=O) groups excluding carboxylic acids is 1. The number of nitro groups is 1. The zero-order valence-corrected chi connectivity index (χ0v) is 10.6. The third kappa shape index (κ3) is 3.35. The number of hydrogen-bond donors (Lipinski definition) is 0. The molecule has 0 amide bonds. The fraction of sp³-hybridized carbons (Fsp3) is 0.0769. The molecule has 96 valence electrons. The van der Waals surface area contributed by atoms with Gasteiger partial charge in [0.25, 0.3) is 5.69 Å². The van der Waals surface area contributed by atoms with Gasteiger partial charge in [-0.05, 0) is 12.1 Å². The molecule has 0 saturated carbocycles. The maximum atomic E-state index is 12.0. The monoisotopic (exact) mass is 277 g/mol. The summed E-state index contributed by atoms with van der Waals surface area (Å²) < 4.78 is 1.69. The largest absolute Gasteiger partial charge is 0.287 e. The van der Waals surface area contributed by atoms with Crippen LogP contribution in [-0.4, -0.2) is 10.7 Å². The van der Waals surface area contributed by atoms with Crippen molar-refractivity contribution < 1.29 is 14.3 Å². The van der Waals surface area contributed by atoms with Crippen LogP contribution in [0.3, 0.4) is 0 Å². The summed E-state index contributed by atoms with van der Waals surface area (Å²) >= 11 is 5.75. The Kier molecular flexibility index (Phi) is 3.87. The number of nitrogens with zero attached hydrogens (tertiary/aromatic N) is 2. The predicted molar refractivity (Wildman–Crippen MR) is 69.1 cm³/mol. The second-order valence-corrected chi connectivity index (χ2v) is 4.35. The highest BCUT2D eigenvalue weighted by Gasteiger charge is 2.13. The van der Waals surface area contributed by atoms with E-state index in [1.165, 1.54) is 24.3 Å². The van der Waals surface area contributed by atoms with Crippen LogP contribution >= 0.6 is 11.6 Å². The predicted octanol–water partition coefficient (Wildman–Crippen LogP) is 2.42. The molecule has 0 fully saturated rings. The minimum atomic E-state index is -0.498. The first-order chi connectivity index (χ1) is 9.06. The zero-order chi connectivity index (χ0) is 13.8. The normalized spacial score (nSPS) is 10.2. The van der Waals surface area contributed by atoms with Crippen LogP contribution in [0.2, 0.25) is 5.02 Å². The molecule has 2 aromatic rings. The number of pyridine rings is 1. The number of non-ortho nitro benzene ring substituents is 1. The molecule has 0 saturated heterocycles. The molecule has 5 nitrogen and oxygen atoms in total. The summed E-state index contributed by atoms with van der Waals surface area (Å²) in [5.74, 6) is -0.123. The Hall–Kier alpha value is -2.27. The van der Waals surface area contributed by atoms with Gasteiger partial charge >= 0.3 is 0 Å². The van der Waals surface area contributed by atoms with E-state index >= 15 is 0 Å². The van der Waals surface area contributed by atoms with Crippen LogP contribution in [0.4, 0.5) is 5.69 Å². The molecule has 0 atom stereocenters. The van der Waals surface area contributed by atoms with Gasteiger partial charge in [0.05, 0.1) is 9.95 Å². The molecule has 1 aromatic heterocycles. The minimum absolute atomic E-state index is 0.0318. The number of hydrogen-bond acceptors (Lipinski definition) is 3. The van der Waals surface area contributed by atoms with Gasteiger partial charge in [0, 0.05) is 29.8 Å². The topological polar surface area (TPSA) is 64.1 Å². The molecule has 0 unspecified atom stereocenters. The van der Waals surface area contributed by atoms with E-state index in [9.17, 15) is 14.9 Å². The van der Waals surface area contributed by atoms with Crippen LogP contribution in [0.15, 0.2) is 48.8 Å². The molecule has 0 aliphatic rings. The zero-order valence-electron chi connectivity index (χ0n) is 9.82. The quantitative estimate of drug-likeness (QED) is 0.373. The van der Waals surface area contributed by atoms with Crippen molar-refractivity contribution >= 4 is 23.1 Å². The van der Waals surface area contributed by atoms with E-state index in [-0.39, 0.29) is 18.0 Å². The molecule has 0 spiro atoms. The summed E-state index contributed by atoms with van der Waals surface area (Å²) in [5.41, 5.74) is 0.406. The van der Waals surface area contributed by atoms with Crippen molar-refractivity contribution in [1.82, 2.24) is 0 Å². The Morgan fingerprint density at radius 1 is 1.16 bits per heavy atom. The van der Waals surface area contributed by atoms with Crippen molar-refractivity contribution in [2.45, 2.75) is 6.54 Å². The Balaban J connectivity index is 2.11. The van der Waals surface area contributed by atoms with Crippen LogP contribution < -0.4 is 4.57 Å². The van der Waals surface area contributed by atoms with Gasteiger partial charge in [0.15, 0.2) is 12.4 Å². The first-order valence-corrected chi connectivity index (χ1v) is 5.86. The Bertz CT molecular complexity index is 609. The van der Waals surface area contributed by atoms with Crippen molar-refractivity contribution in [3.63, 3.8) is 0 Å². The standard InChI is InChI=1S/C13H10ClN2O3/c14-11-5-7-15(8-6-11)9-13(17)10-1-3-12(4-2-10)16(18)19/h1-8H,9H2/q+1. The van der Waals surface area contributed by atoms with Crippen LogP contribution in [0, 0.1) is 10.1 Å². The summed E-state index contributed by atoms with van der Waals surface area (Å²) in [5, 5.41) is 11.1. The van der Waals surface area contributed by atoms with E-state index in [1.54, 1.807) is 29.1 Å². The molecular formula is C13H10ClN2O3+. The lowest BCUT2D eigenvalue weighted by atomic mass is 10.1. The van der Waals surface area contributed by atoms with Crippen molar-refractivity contribution in [3.05, 3.63) is 69.5 Å². The van der Waals surface area contributed by atoms with E-state index in [4.69, 9.17) is 11.6 Å². The molecule has 0 aliphatic carbocycles. The van der Waals surface area contributed by atoms with Gasteiger partial charge in [-0.15, -0.1) is 0 Å². The van der Waals surface area contributed by atoms with Gasteiger partial charge in [0.2, 0.25) is 12.3 Å². The van der Waals surface area contributed by atoms with Crippen molar-refractivity contribution in [2.24, 2.45) is 0 Å². The maximum absolute atomic E-state index is 12.0. The number of Topliss-reactive ketones (excluding diaryl/α,β-unsaturated/α-hetero) is 1. The lowest BCUT2D eigenvalue weighted by Crippen LogP contribution is -2.36. The maximum Gasteiger partial charge on any atom is 0.269 e. The van der Waals surface area contributed by atoms with Crippen LogP contribution in [0.5, 0.6) is 0 Å². The number of benzene rings is 1. The number of rotatable bonds is 4. The van der Waals surface area contributed by atoms with E-state index in [1.807, 2.05) is 0 Å². The Labute approximate surface area is 114 Å². The number of halogens is 1. The second kappa shape index (κ2) is 5.58. The Morgan fingerprint density at radius 3 is 2.26 bits per heavy atom. The highest BCUT2D eigenvalue weighted by Crippen LogP contribution is 2.12. The number of ketones is 1. The molecule has 1 heterocycles. The summed E-state index contributed by atoms with van der Waals surface area (Å²) in [4.78, 5) is 22.0. The number of carbonyl (C=O) groups is 1. The highest BCUT2D eigenvalue weighted by atomic mass is 35.5. The first kappa shape index (κ1) is 13.2. The van der Waals surface area contributed by atoms with Crippen LogP contribution in [0.25, 0.3) is 0 Å². The van der Waals surface area contributed by atoms with E-state index in [0.29, 0.717) is 10.6 Å². The van der Waals surface area contributed by atoms with E-state index in [0.717, 1.165) is 0 Å². The third-order valence-corrected chi connectivity index (χ3v) is 2.83. The average molecular weight is 278 g/mol. The molecule has 0 bridgehead atoms. The fourth-order valence-electron chi connectivity index (χ4n) is 1.57. The number of nitro benzene ring substituents is 1. The molecule has 19 heavy (non-hydrogen) atoms. The lowest BCUT2D eigenvalue weighted by molar-refractivity contribution is -0.683. The summed E-state index contributed by atoms with van der Waals surface area (Å²) in [6.07, 6.45) is 3.40. The van der Waals surface area contributed by atoms with Crippen LogP contribution in [-0.2, 0) is 6.54 Å².